The van der Waals surface area contributed by atoms with E-state index in [1.807, 2.05) is 13.0 Å². The largest absolute Gasteiger partial charge is 0.496 e. The predicted octanol–water partition coefficient (Wildman–Crippen LogP) is 3.39. The highest BCUT2D eigenvalue weighted by Gasteiger charge is 2.24. The van der Waals surface area contributed by atoms with Crippen molar-refractivity contribution < 1.29 is 9.47 Å². The van der Waals surface area contributed by atoms with Crippen molar-refractivity contribution in [3.63, 3.8) is 0 Å². The first-order valence-corrected chi connectivity index (χ1v) is 7.59. The van der Waals surface area contributed by atoms with Crippen LogP contribution in [0.1, 0.15) is 30.4 Å². The summed E-state index contributed by atoms with van der Waals surface area (Å²) in [7, 11) is 1.69. The molecular weight excluding hydrogens is 274 g/mol. The second-order valence-corrected chi connectivity index (χ2v) is 6.20. The maximum absolute atomic E-state index is 6.58. The number of nitrogens with zero attached hydrogens (tertiary/aromatic N) is 1. The summed E-state index contributed by atoms with van der Waals surface area (Å²) in [6.45, 7) is 9.02. The molecule has 4 heteroatoms. The first-order chi connectivity index (χ1) is 9.49. The molecule has 20 heavy (non-hydrogen) atoms. The third-order valence-electron chi connectivity index (χ3n) is 3.69. The molecule has 0 amide bonds. The summed E-state index contributed by atoms with van der Waals surface area (Å²) >= 11 is 6.58. The van der Waals surface area contributed by atoms with Crippen LogP contribution < -0.4 is 4.74 Å². The highest BCUT2D eigenvalue weighted by Crippen LogP contribution is 2.27. The molecule has 3 atom stereocenters. The third-order valence-corrected chi connectivity index (χ3v) is 4.08. The van der Waals surface area contributed by atoms with Crippen molar-refractivity contribution in [2.75, 3.05) is 26.7 Å². The zero-order chi connectivity index (χ0) is 14.7. The molecule has 1 aliphatic heterocycles. The molecule has 1 aromatic carbocycles. The van der Waals surface area contributed by atoms with Crippen LogP contribution in [-0.4, -0.2) is 43.9 Å². The van der Waals surface area contributed by atoms with Crippen molar-refractivity contribution in [1.82, 2.24) is 4.90 Å². The van der Waals surface area contributed by atoms with Gasteiger partial charge in [0.15, 0.2) is 0 Å². The Morgan fingerprint density at radius 2 is 2.00 bits per heavy atom. The molecule has 0 spiro atoms. The molecule has 112 valence electrons. The second-order valence-electron chi connectivity index (χ2n) is 5.67. The number of hydrogen-bond donors (Lipinski definition) is 0. The Balaban J connectivity index is 2.00. The fraction of sp³-hybridized carbons (Fsp3) is 0.625. The Bertz CT molecular complexity index is 442. The summed E-state index contributed by atoms with van der Waals surface area (Å²) in [4.78, 5) is 2.38. The molecule has 0 aliphatic carbocycles. The zero-order valence-electron chi connectivity index (χ0n) is 12.7. The van der Waals surface area contributed by atoms with E-state index >= 15 is 0 Å². The van der Waals surface area contributed by atoms with E-state index in [0.717, 1.165) is 36.5 Å². The minimum atomic E-state index is -0.00268. The van der Waals surface area contributed by atoms with Crippen LogP contribution in [-0.2, 0) is 4.74 Å². The Morgan fingerprint density at radius 3 is 2.55 bits per heavy atom. The molecule has 1 heterocycles. The number of alkyl halides is 1. The van der Waals surface area contributed by atoms with Crippen LogP contribution >= 0.6 is 11.6 Å². The Hall–Kier alpha value is -0.770. The number of ether oxygens (including phenoxy) is 2. The zero-order valence-corrected chi connectivity index (χ0v) is 13.5. The molecular formula is C16H24ClNO2. The average molecular weight is 298 g/mol. The van der Waals surface area contributed by atoms with E-state index < -0.39 is 0 Å². The minimum Gasteiger partial charge on any atom is -0.496 e. The third kappa shape index (κ3) is 3.87. The molecule has 0 radical (unpaired) electrons. The van der Waals surface area contributed by atoms with E-state index in [2.05, 4.69) is 30.9 Å². The van der Waals surface area contributed by atoms with Gasteiger partial charge in [-0.2, -0.15) is 0 Å². The second kappa shape index (κ2) is 6.79. The summed E-state index contributed by atoms with van der Waals surface area (Å²) < 4.78 is 11.0. The molecule has 2 rings (SSSR count). The van der Waals surface area contributed by atoms with Crippen molar-refractivity contribution in [2.24, 2.45) is 0 Å². The van der Waals surface area contributed by atoms with Gasteiger partial charge in [-0.05, 0) is 38.0 Å². The first-order valence-electron chi connectivity index (χ1n) is 7.16. The molecule has 1 aromatic rings. The van der Waals surface area contributed by atoms with Crippen LogP contribution in [0.25, 0.3) is 0 Å². The van der Waals surface area contributed by atoms with Crippen molar-refractivity contribution in [1.29, 1.82) is 0 Å². The molecule has 1 saturated heterocycles. The van der Waals surface area contributed by atoms with Gasteiger partial charge in [-0.25, -0.2) is 0 Å². The normalized spacial score (nSPS) is 25.4. The van der Waals surface area contributed by atoms with Crippen LogP contribution in [0.3, 0.4) is 0 Å². The molecule has 3 unspecified atom stereocenters. The van der Waals surface area contributed by atoms with Crippen LogP contribution in [0.4, 0.5) is 0 Å². The van der Waals surface area contributed by atoms with Crippen LogP contribution in [0.15, 0.2) is 18.2 Å². The standard InChI is InChI=1S/C16H24ClNO2/c1-11-7-14(5-6-16(11)19-4)15(17)10-18-8-12(2)20-13(3)9-18/h5-7,12-13,15H,8-10H2,1-4H3. The number of methoxy groups -OCH3 is 1. The summed E-state index contributed by atoms with van der Waals surface area (Å²) in [5.74, 6) is 0.909. The SMILES string of the molecule is COc1ccc(C(Cl)CN2CC(C)OC(C)C2)cc1C. The molecule has 3 nitrogen and oxygen atoms in total. The molecule has 0 saturated carbocycles. The van der Waals surface area contributed by atoms with Crippen molar-refractivity contribution in [3.8, 4) is 5.75 Å². The molecule has 1 fully saturated rings. The maximum atomic E-state index is 6.58. The number of hydrogen-bond acceptors (Lipinski definition) is 3. The topological polar surface area (TPSA) is 21.7 Å². The Kier molecular flexibility index (Phi) is 5.30. The Labute approximate surface area is 126 Å². The summed E-state index contributed by atoms with van der Waals surface area (Å²) in [5, 5.41) is -0.00268. The van der Waals surface area contributed by atoms with Crippen LogP contribution in [0.5, 0.6) is 5.75 Å². The molecule has 0 N–H and O–H groups in total. The lowest BCUT2D eigenvalue weighted by molar-refractivity contribution is -0.0678. The lowest BCUT2D eigenvalue weighted by atomic mass is 10.1. The molecule has 1 aliphatic rings. The fourth-order valence-corrected chi connectivity index (χ4v) is 3.19. The smallest absolute Gasteiger partial charge is 0.121 e. The van der Waals surface area contributed by atoms with E-state index in [0.29, 0.717) is 0 Å². The van der Waals surface area contributed by atoms with Gasteiger partial charge in [-0.15, -0.1) is 11.6 Å². The van der Waals surface area contributed by atoms with E-state index in [1.165, 1.54) is 0 Å². The first kappa shape index (κ1) is 15.6. The van der Waals surface area contributed by atoms with Crippen LogP contribution in [0.2, 0.25) is 0 Å². The van der Waals surface area contributed by atoms with Crippen molar-refractivity contribution in [3.05, 3.63) is 29.3 Å². The summed E-state index contributed by atoms with van der Waals surface area (Å²) in [5.41, 5.74) is 2.27. The van der Waals surface area contributed by atoms with E-state index in [-0.39, 0.29) is 17.6 Å². The van der Waals surface area contributed by atoms with Gasteiger partial charge >= 0.3 is 0 Å². The lowest BCUT2D eigenvalue weighted by Gasteiger charge is -2.36. The van der Waals surface area contributed by atoms with Gasteiger partial charge in [0, 0.05) is 19.6 Å². The van der Waals surface area contributed by atoms with Gasteiger partial charge in [0.25, 0.3) is 0 Å². The Morgan fingerprint density at radius 1 is 1.35 bits per heavy atom. The number of aryl methyl sites for hydroxylation is 1. The van der Waals surface area contributed by atoms with Gasteiger partial charge in [0.1, 0.15) is 5.75 Å². The molecule has 0 bridgehead atoms. The number of rotatable bonds is 4. The monoisotopic (exact) mass is 297 g/mol. The molecule has 0 aromatic heterocycles. The van der Waals surface area contributed by atoms with Crippen molar-refractivity contribution in [2.45, 2.75) is 38.4 Å². The summed E-state index contributed by atoms with van der Waals surface area (Å²) in [6.07, 6.45) is 0.556. The van der Waals surface area contributed by atoms with Gasteiger partial charge in [0.05, 0.1) is 24.7 Å². The number of halogens is 1. The van der Waals surface area contributed by atoms with E-state index in [4.69, 9.17) is 21.1 Å². The van der Waals surface area contributed by atoms with Gasteiger partial charge in [-0.3, -0.25) is 4.90 Å². The van der Waals surface area contributed by atoms with Gasteiger partial charge < -0.3 is 9.47 Å². The number of benzene rings is 1. The fourth-order valence-electron chi connectivity index (χ4n) is 2.86. The quantitative estimate of drug-likeness (QED) is 0.795. The average Bonchev–Trinajstić information content (AvgIpc) is 2.37. The predicted molar refractivity (Wildman–Crippen MR) is 82.8 cm³/mol. The van der Waals surface area contributed by atoms with Gasteiger partial charge in [-0.1, -0.05) is 12.1 Å². The van der Waals surface area contributed by atoms with Crippen molar-refractivity contribution >= 4 is 11.6 Å². The van der Waals surface area contributed by atoms with Gasteiger partial charge in [0.2, 0.25) is 0 Å². The van der Waals surface area contributed by atoms with E-state index in [9.17, 15) is 0 Å². The minimum absolute atomic E-state index is 0.00268. The highest BCUT2D eigenvalue weighted by atomic mass is 35.5. The maximum Gasteiger partial charge on any atom is 0.121 e. The van der Waals surface area contributed by atoms with Crippen LogP contribution in [0, 0.1) is 6.92 Å². The highest BCUT2D eigenvalue weighted by molar-refractivity contribution is 6.21. The summed E-state index contributed by atoms with van der Waals surface area (Å²) in [6, 6.07) is 6.16. The van der Waals surface area contributed by atoms with E-state index in [1.54, 1.807) is 7.11 Å². The lowest BCUT2D eigenvalue weighted by Crippen LogP contribution is -2.46. The number of morpholine rings is 1.